The molecule has 0 radical (unpaired) electrons. The molecule has 116 valence electrons. The predicted octanol–water partition coefficient (Wildman–Crippen LogP) is 1.87. The van der Waals surface area contributed by atoms with Gasteiger partial charge in [-0.15, -0.1) is 0 Å². The molecular weight excluding hydrogens is 250 g/mol. The fraction of sp³-hybridized carbons (Fsp3) is 0.733. The SMILES string of the molecule is C=NCNC(C/C=C/N(CC)CCNC(C)C)N=CC. The van der Waals surface area contributed by atoms with Crippen molar-refractivity contribution in [2.24, 2.45) is 9.98 Å². The van der Waals surface area contributed by atoms with Crippen molar-refractivity contribution < 1.29 is 0 Å². The van der Waals surface area contributed by atoms with Crippen LogP contribution < -0.4 is 10.6 Å². The van der Waals surface area contributed by atoms with Gasteiger partial charge in [0.05, 0.1) is 6.67 Å². The summed E-state index contributed by atoms with van der Waals surface area (Å²) >= 11 is 0. The fourth-order valence-electron chi connectivity index (χ4n) is 1.72. The molecule has 0 bridgehead atoms. The van der Waals surface area contributed by atoms with E-state index in [-0.39, 0.29) is 6.17 Å². The van der Waals surface area contributed by atoms with Crippen LogP contribution >= 0.6 is 0 Å². The molecule has 0 fully saturated rings. The van der Waals surface area contributed by atoms with Crippen molar-refractivity contribution in [2.45, 2.75) is 46.3 Å². The third-order valence-corrected chi connectivity index (χ3v) is 2.80. The molecule has 0 spiro atoms. The molecule has 0 aromatic carbocycles. The summed E-state index contributed by atoms with van der Waals surface area (Å²) < 4.78 is 0. The zero-order valence-electron chi connectivity index (χ0n) is 13.5. The highest BCUT2D eigenvalue weighted by atomic mass is 15.1. The van der Waals surface area contributed by atoms with E-state index in [4.69, 9.17) is 0 Å². The smallest absolute Gasteiger partial charge is 0.104 e. The Balaban J connectivity index is 4.09. The molecule has 0 rings (SSSR count). The highest BCUT2D eigenvalue weighted by molar-refractivity contribution is 5.53. The second-order valence-corrected chi connectivity index (χ2v) is 4.87. The van der Waals surface area contributed by atoms with E-state index >= 15 is 0 Å². The van der Waals surface area contributed by atoms with E-state index in [1.165, 1.54) is 0 Å². The molecule has 0 heterocycles. The van der Waals surface area contributed by atoms with Gasteiger partial charge in [0.25, 0.3) is 0 Å². The minimum atomic E-state index is 0.0780. The van der Waals surface area contributed by atoms with Crippen molar-refractivity contribution >= 4 is 12.9 Å². The molecule has 0 amide bonds. The van der Waals surface area contributed by atoms with Crippen molar-refractivity contribution in [2.75, 3.05) is 26.3 Å². The van der Waals surface area contributed by atoms with E-state index in [0.29, 0.717) is 12.7 Å². The molecule has 1 unspecified atom stereocenters. The lowest BCUT2D eigenvalue weighted by Crippen LogP contribution is -2.32. The Hall–Kier alpha value is -1.20. The van der Waals surface area contributed by atoms with Gasteiger partial charge in [-0.2, -0.15) is 0 Å². The summed E-state index contributed by atoms with van der Waals surface area (Å²) in [5, 5.41) is 6.64. The Kier molecular flexibility index (Phi) is 12.0. The Morgan fingerprint density at radius 1 is 1.30 bits per heavy atom. The first kappa shape index (κ1) is 18.8. The summed E-state index contributed by atoms with van der Waals surface area (Å²) in [7, 11) is 0. The fourth-order valence-corrected chi connectivity index (χ4v) is 1.72. The van der Waals surface area contributed by atoms with Crippen LogP contribution in [0.15, 0.2) is 22.3 Å². The van der Waals surface area contributed by atoms with Gasteiger partial charge in [0, 0.05) is 32.1 Å². The van der Waals surface area contributed by atoms with Gasteiger partial charge in [0.15, 0.2) is 0 Å². The molecule has 0 aliphatic heterocycles. The lowest BCUT2D eigenvalue weighted by Gasteiger charge is -2.20. The average molecular weight is 281 g/mol. The van der Waals surface area contributed by atoms with E-state index in [1.807, 2.05) is 13.1 Å². The van der Waals surface area contributed by atoms with Crippen LogP contribution in [0.2, 0.25) is 0 Å². The number of hydrogen-bond donors (Lipinski definition) is 2. The topological polar surface area (TPSA) is 52.0 Å². The Labute approximate surface area is 124 Å². The largest absolute Gasteiger partial charge is 0.377 e. The van der Waals surface area contributed by atoms with Gasteiger partial charge in [0.1, 0.15) is 6.17 Å². The second kappa shape index (κ2) is 12.8. The van der Waals surface area contributed by atoms with E-state index in [2.05, 4.69) is 65.3 Å². The highest BCUT2D eigenvalue weighted by Crippen LogP contribution is 1.98. The zero-order valence-corrected chi connectivity index (χ0v) is 13.5. The van der Waals surface area contributed by atoms with Gasteiger partial charge in [-0.25, -0.2) is 0 Å². The van der Waals surface area contributed by atoms with Crippen molar-refractivity contribution in [3.63, 3.8) is 0 Å². The van der Waals surface area contributed by atoms with Crippen LogP contribution in [-0.4, -0.2) is 56.3 Å². The Bertz CT molecular complexity index is 286. The van der Waals surface area contributed by atoms with Crippen molar-refractivity contribution in [1.29, 1.82) is 0 Å². The van der Waals surface area contributed by atoms with E-state index in [9.17, 15) is 0 Å². The lowest BCUT2D eigenvalue weighted by atomic mass is 10.3. The quantitative estimate of drug-likeness (QED) is 0.537. The van der Waals surface area contributed by atoms with Gasteiger partial charge in [-0.1, -0.05) is 19.9 Å². The van der Waals surface area contributed by atoms with Gasteiger partial charge >= 0.3 is 0 Å². The molecule has 5 heteroatoms. The van der Waals surface area contributed by atoms with E-state index in [1.54, 1.807) is 0 Å². The zero-order chi connectivity index (χ0) is 15.2. The second-order valence-electron chi connectivity index (χ2n) is 4.87. The highest BCUT2D eigenvalue weighted by Gasteiger charge is 2.02. The summed E-state index contributed by atoms with van der Waals surface area (Å²) in [6.45, 7) is 15.5. The van der Waals surface area contributed by atoms with Crippen LogP contribution in [0, 0.1) is 0 Å². The molecule has 0 aliphatic carbocycles. The van der Waals surface area contributed by atoms with E-state index in [0.717, 1.165) is 26.1 Å². The molecule has 0 saturated carbocycles. The molecule has 1 atom stereocenters. The normalized spacial score (nSPS) is 13.4. The van der Waals surface area contributed by atoms with Gasteiger partial charge in [-0.3, -0.25) is 15.3 Å². The molecule has 0 saturated heterocycles. The minimum absolute atomic E-state index is 0.0780. The van der Waals surface area contributed by atoms with Crippen LogP contribution in [-0.2, 0) is 0 Å². The molecular formula is C15H31N5. The predicted molar refractivity (Wildman–Crippen MR) is 89.6 cm³/mol. The third-order valence-electron chi connectivity index (χ3n) is 2.80. The summed E-state index contributed by atoms with van der Waals surface area (Å²) in [5.41, 5.74) is 0. The summed E-state index contributed by atoms with van der Waals surface area (Å²) in [5.74, 6) is 0. The lowest BCUT2D eigenvalue weighted by molar-refractivity contribution is 0.379. The first-order valence-corrected chi connectivity index (χ1v) is 7.41. The van der Waals surface area contributed by atoms with Crippen LogP contribution in [0.4, 0.5) is 0 Å². The van der Waals surface area contributed by atoms with Crippen molar-refractivity contribution in [1.82, 2.24) is 15.5 Å². The first-order chi connectivity index (χ1) is 9.63. The standard InChI is InChI=1S/C15H31N5/c1-6-17-15(19-13-16-5)9-8-11-20(7-2)12-10-18-14(3)4/h6,8,11,14-15,18-19H,5,7,9-10,12-13H2,1-4H3/b11-8+,17-6?. The molecule has 0 aromatic rings. The van der Waals surface area contributed by atoms with Crippen molar-refractivity contribution in [3.8, 4) is 0 Å². The number of likely N-dealkylation sites (N-methyl/N-ethyl adjacent to an activating group) is 1. The van der Waals surface area contributed by atoms with Crippen LogP contribution in [0.5, 0.6) is 0 Å². The van der Waals surface area contributed by atoms with E-state index < -0.39 is 0 Å². The maximum Gasteiger partial charge on any atom is 0.104 e. The number of aliphatic imine (C=N–C) groups is 2. The molecule has 20 heavy (non-hydrogen) atoms. The summed E-state index contributed by atoms with van der Waals surface area (Å²) in [6.07, 6.45) is 7.07. The Morgan fingerprint density at radius 2 is 2.05 bits per heavy atom. The molecule has 0 aromatic heterocycles. The summed E-state index contributed by atoms with van der Waals surface area (Å²) in [4.78, 5) is 10.5. The summed E-state index contributed by atoms with van der Waals surface area (Å²) in [6, 6.07) is 0.538. The molecule has 5 nitrogen and oxygen atoms in total. The minimum Gasteiger partial charge on any atom is -0.377 e. The number of nitrogens with one attached hydrogen (secondary N) is 2. The van der Waals surface area contributed by atoms with Gasteiger partial charge in [0.2, 0.25) is 0 Å². The number of nitrogens with zero attached hydrogens (tertiary/aromatic N) is 3. The monoisotopic (exact) mass is 281 g/mol. The molecule has 2 N–H and O–H groups in total. The average Bonchev–Trinajstić information content (AvgIpc) is 2.42. The number of rotatable bonds is 12. The maximum absolute atomic E-state index is 4.36. The molecule has 0 aliphatic rings. The maximum atomic E-state index is 4.36. The van der Waals surface area contributed by atoms with Gasteiger partial charge in [-0.05, 0) is 33.0 Å². The van der Waals surface area contributed by atoms with Crippen molar-refractivity contribution in [3.05, 3.63) is 12.3 Å². The third kappa shape index (κ3) is 10.7. The number of hydrogen-bond acceptors (Lipinski definition) is 5. The van der Waals surface area contributed by atoms with Crippen LogP contribution in [0.1, 0.15) is 34.1 Å². The van der Waals surface area contributed by atoms with Crippen LogP contribution in [0.3, 0.4) is 0 Å². The first-order valence-electron chi connectivity index (χ1n) is 7.41. The van der Waals surface area contributed by atoms with Crippen LogP contribution in [0.25, 0.3) is 0 Å². The Morgan fingerprint density at radius 3 is 2.60 bits per heavy atom. The van der Waals surface area contributed by atoms with Gasteiger partial charge < -0.3 is 10.2 Å².